The van der Waals surface area contributed by atoms with Crippen molar-refractivity contribution in [2.75, 3.05) is 31.9 Å². The number of amides is 1. The predicted octanol–water partition coefficient (Wildman–Crippen LogP) is 0.506. The number of oxime groups is 1. The molecule has 0 unspecified atom stereocenters. The molecule has 0 spiro atoms. The Morgan fingerprint density at radius 2 is 2.25 bits per heavy atom. The number of hydrogen-bond acceptors (Lipinski definition) is 7. The maximum Gasteiger partial charge on any atom is 0.275 e. The van der Waals surface area contributed by atoms with Crippen molar-refractivity contribution in [1.29, 1.82) is 0 Å². The molecule has 7 nitrogen and oxygen atoms in total. The molecule has 110 valence electrons. The third-order valence-electron chi connectivity index (χ3n) is 3.24. The number of thiazole rings is 1. The van der Waals surface area contributed by atoms with E-state index in [1.807, 2.05) is 0 Å². The highest BCUT2D eigenvalue weighted by atomic mass is 32.1. The van der Waals surface area contributed by atoms with Crippen LogP contribution in [-0.2, 0) is 4.79 Å². The Labute approximate surface area is 121 Å². The fraction of sp³-hybridized carbons (Fsp3) is 0.583. The Hall–Kier alpha value is -1.67. The summed E-state index contributed by atoms with van der Waals surface area (Å²) in [4.78, 5) is 18.2. The lowest BCUT2D eigenvalue weighted by molar-refractivity contribution is -0.114. The van der Waals surface area contributed by atoms with Crippen LogP contribution >= 0.6 is 11.3 Å². The highest BCUT2D eigenvalue weighted by Gasteiger charge is 2.18. The first-order chi connectivity index (χ1) is 9.70. The van der Waals surface area contributed by atoms with E-state index in [0.717, 1.165) is 19.6 Å². The van der Waals surface area contributed by atoms with Crippen LogP contribution in [0.1, 0.15) is 25.0 Å². The van der Waals surface area contributed by atoms with Crippen molar-refractivity contribution in [2.24, 2.45) is 5.16 Å². The van der Waals surface area contributed by atoms with Crippen LogP contribution in [0.2, 0.25) is 0 Å². The molecular formula is C12H19N5O2S. The molecule has 1 aromatic rings. The standard InChI is InChI=1S/C12H19N5O2S/c13-12-15-9(8-20-12)10(16-19)11(18)14-4-7-17-5-2-1-3-6-17/h8,19H,1-7H2,(H2,13,15)(H,14,18)/b16-10+. The van der Waals surface area contributed by atoms with E-state index in [1.54, 1.807) is 5.38 Å². The van der Waals surface area contributed by atoms with Crippen LogP contribution in [0.4, 0.5) is 5.13 Å². The van der Waals surface area contributed by atoms with Crippen molar-refractivity contribution < 1.29 is 10.0 Å². The monoisotopic (exact) mass is 297 g/mol. The quantitative estimate of drug-likeness (QED) is 0.417. The van der Waals surface area contributed by atoms with Crippen LogP contribution in [0.15, 0.2) is 10.5 Å². The van der Waals surface area contributed by atoms with Crippen molar-refractivity contribution in [1.82, 2.24) is 15.2 Å². The van der Waals surface area contributed by atoms with Crippen LogP contribution in [0.25, 0.3) is 0 Å². The van der Waals surface area contributed by atoms with Gasteiger partial charge in [0.25, 0.3) is 5.91 Å². The number of piperidine rings is 1. The molecule has 0 aliphatic carbocycles. The highest BCUT2D eigenvalue weighted by Crippen LogP contribution is 2.12. The molecule has 1 saturated heterocycles. The third-order valence-corrected chi connectivity index (χ3v) is 3.92. The number of carbonyl (C=O) groups is 1. The summed E-state index contributed by atoms with van der Waals surface area (Å²) in [5.41, 5.74) is 5.70. The van der Waals surface area contributed by atoms with E-state index in [1.165, 1.54) is 30.6 Å². The predicted molar refractivity (Wildman–Crippen MR) is 78.2 cm³/mol. The summed E-state index contributed by atoms with van der Waals surface area (Å²) in [6.07, 6.45) is 3.72. The van der Waals surface area contributed by atoms with Gasteiger partial charge >= 0.3 is 0 Å². The molecule has 8 heteroatoms. The lowest BCUT2D eigenvalue weighted by atomic mass is 10.1. The topological polar surface area (TPSA) is 104 Å². The van der Waals surface area contributed by atoms with Crippen LogP contribution in [0.5, 0.6) is 0 Å². The zero-order chi connectivity index (χ0) is 14.4. The van der Waals surface area contributed by atoms with Crippen molar-refractivity contribution >= 4 is 28.1 Å². The zero-order valence-corrected chi connectivity index (χ0v) is 12.0. The van der Waals surface area contributed by atoms with Crippen LogP contribution in [0, 0.1) is 0 Å². The molecule has 1 aliphatic rings. The summed E-state index contributed by atoms with van der Waals surface area (Å²) in [5.74, 6) is -0.435. The lowest BCUT2D eigenvalue weighted by Crippen LogP contribution is -2.40. The van der Waals surface area contributed by atoms with Gasteiger partial charge in [0.05, 0.1) is 0 Å². The van der Waals surface area contributed by atoms with Gasteiger partial charge in [-0.2, -0.15) is 0 Å². The van der Waals surface area contributed by atoms with Gasteiger partial charge in [0, 0.05) is 18.5 Å². The van der Waals surface area contributed by atoms with Gasteiger partial charge in [0.2, 0.25) is 0 Å². The first kappa shape index (κ1) is 14.7. The summed E-state index contributed by atoms with van der Waals surface area (Å²) in [5, 5.41) is 16.6. The van der Waals surface area contributed by atoms with Crippen molar-refractivity contribution in [3.05, 3.63) is 11.1 Å². The van der Waals surface area contributed by atoms with Crippen LogP contribution in [-0.4, -0.2) is 52.9 Å². The third kappa shape index (κ3) is 3.91. The molecule has 1 fully saturated rings. The molecule has 2 heterocycles. The van der Waals surface area contributed by atoms with E-state index < -0.39 is 5.91 Å². The molecule has 20 heavy (non-hydrogen) atoms. The molecular weight excluding hydrogens is 278 g/mol. The van der Waals surface area contributed by atoms with Gasteiger partial charge in [-0.1, -0.05) is 11.6 Å². The molecule has 2 rings (SSSR count). The maximum atomic E-state index is 11.9. The number of nitrogens with one attached hydrogen (secondary N) is 1. The van der Waals surface area contributed by atoms with Crippen LogP contribution < -0.4 is 11.1 Å². The maximum absolute atomic E-state index is 11.9. The van der Waals surface area contributed by atoms with Crippen molar-refractivity contribution in [3.8, 4) is 0 Å². The lowest BCUT2D eigenvalue weighted by Gasteiger charge is -2.26. The fourth-order valence-corrected chi connectivity index (χ4v) is 2.75. The molecule has 1 aliphatic heterocycles. The van der Waals surface area contributed by atoms with E-state index >= 15 is 0 Å². The Balaban J connectivity index is 1.81. The molecule has 4 N–H and O–H groups in total. The number of nitrogen functional groups attached to an aromatic ring is 1. The SMILES string of the molecule is Nc1nc(/C(=N\O)C(=O)NCCN2CCCCC2)cs1. The number of hydrogen-bond donors (Lipinski definition) is 3. The summed E-state index contributed by atoms with van der Waals surface area (Å²) in [7, 11) is 0. The number of aromatic nitrogens is 1. The second kappa shape index (κ2) is 7.20. The highest BCUT2D eigenvalue weighted by molar-refractivity contribution is 7.13. The van der Waals surface area contributed by atoms with E-state index in [2.05, 4.69) is 20.4 Å². The van der Waals surface area contributed by atoms with E-state index in [4.69, 9.17) is 10.9 Å². The minimum atomic E-state index is -0.435. The Bertz CT molecular complexity index is 482. The van der Waals surface area contributed by atoms with E-state index in [9.17, 15) is 4.79 Å². The van der Waals surface area contributed by atoms with Gasteiger partial charge in [0.15, 0.2) is 10.8 Å². The molecule has 1 amide bonds. The number of rotatable bonds is 5. The second-order valence-corrected chi connectivity index (χ2v) is 5.57. The van der Waals surface area contributed by atoms with Gasteiger partial charge in [-0.25, -0.2) is 4.98 Å². The van der Waals surface area contributed by atoms with Crippen LogP contribution in [0.3, 0.4) is 0 Å². The second-order valence-electron chi connectivity index (χ2n) is 4.68. The van der Waals surface area contributed by atoms with Crippen molar-refractivity contribution in [2.45, 2.75) is 19.3 Å². The summed E-state index contributed by atoms with van der Waals surface area (Å²) < 4.78 is 0. The summed E-state index contributed by atoms with van der Waals surface area (Å²) >= 11 is 1.20. The number of nitrogens with two attached hydrogens (primary N) is 1. The minimum absolute atomic E-state index is 0.100. The summed E-state index contributed by atoms with van der Waals surface area (Å²) in [6.45, 7) is 3.50. The molecule has 0 radical (unpaired) electrons. The minimum Gasteiger partial charge on any atom is -0.410 e. The largest absolute Gasteiger partial charge is 0.410 e. The van der Waals surface area contributed by atoms with Crippen molar-refractivity contribution in [3.63, 3.8) is 0 Å². The molecule has 0 aromatic carbocycles. The first-order valence-corrected chi connectivity index (χ1v) is 7.52. The molecule has 0 atom stereocenters. The van der Waals surface area contributed by atoms with E-state index in [0.29, 0.717) is 17.4 Å². The Kier molecular flexibility index (Phi) is 5.31. The normalized spacial score (nSPS) is 17.1. The number of carbonyl (C=O) groups excluding carboxylic acids is 1. The average Bonchev–Trinajstić information content (AvgIpc) is 2.87. The number of likely N-dealkylation sites (tertiary alicyclic amines) is 1. The average molecular weight is 297 g/mol. The summed E-state index contributed by atoms with van der Waals surface area (Å²) in [6, 6.07) is 0. The van der Waals surface area contributed by atoms with Gasteiger partial charge in [-0.3, -0.25) is 4.79 Å². The Morgan fingerprint density at radius 3 is 2.85 bits per heavy atom. The van der Waals surface area contributed by atoms with E-state index in [-0.39, 0.29) is 5.71 Å². The number of nitrogens with zero attached hydrogens (tertiary/aromatic N) is 3. The van der Waals surface area contributed by atoms with Gasteiger partial charge in [-0.15, -0.1) is 11.3 Å². The van der Waals surface area contributed by atoms with Gasteiger partial charge < -0.3 is 21.2 Å². The van der Waals surface area contributed by atoms with Gasteiger partial charge in [-0.05, 0) is 25.9 Å². The number of anilines is 1. The smallest absolute Gasteiger partial charge is 0.275 e. The zero-order valence-electron chi connectivity index (χ0n) is 11.2. The molecule has 1 aromatic heterocycles. The first-order valence-electron chi connectivity index (χ1n) is 6.64. The fourth-order valence-electron chi connectivity index (χ4n) is 2.20. The Morgan fingerprint density at radius 1 is 1.50 bits per heavy atom. The molecule has 0 saturated carbocycles. The van der Waals surface area contributed by atoms with Gasteiger partial charge in [0.1, 0.15) is 5.69 Å². The molecule has 0 bridgehead atoms.